The lowest BCUT2D eigenvalue weighted by Gasteiger charge is -1.99. The number of hydrogen-bond acceptors (Lipinski definition) is 5. The summed E-state index contributed by atoms with van der Waals surface area (Å²) in [4.78, 5) is 6.85. The van der Waals surface area contributed by atoms with Crippen molar-refractivity contribution in [2.45, 2.75) is 12.8 Å². The molecular formula is C11H10F2N4O2. The van der Waals surface area contributed by atoms with Crippen LogP contribution in [-0.4, -0.2) is 34.8 Å². The lowest BCUT2D eigenvalue weighted by molar-refractivity contribution is 0.0182. The molecule has 19 heavy (non-hydrogen) atoms. The number of halogens is 2. The normalized spacial score (nSPS) is 10.8. The molecule has 2 rings (SSSR count). The molecule has 0 aliphatic heterocycles. The number of ether oxygens (including phenoxy) is 1. The molecule has 8 heteroatoms. The predicted molar refractivity (Wildman–Crippen MR) is 59.3 cm³/mol. The number of hydrogen-bond donors (Lipinski definition) is 1. The highest BCUT2D eigenvalue weighted by molar-refractivity contribution is 5.49. The molecule has 0 unspecified atom stereocenters. The predicted octanol–water partition coefficient (Wildman–Crippen LogP) is 1.76. The van der Waals surface area contributed by atoms with E-state index in [2.05, 4.69) is 15.1 Å². The maximum absolute atomic E-state index is 11.8. The van der Waals surface area contributed by atoms with E-state index >= 15 is 0 Å². The molecule has 100 valence electrons. The van der Waals surface area contributed by atoms with Gasteiger partial charge in [0.15, 0.2) is 5.82 Å². The Balaban J connectivity index is 1.90. The van der Waals surface area contributed by atoms with Crippen molar-refractivity contribution in [3.05, 3.63) is 23.7 Å². The minimum atomic E-state index is -2.48. The maximum atomic E-state index is 11.8. The van der Waals surface area contributed by atoms with Gasteiger partial charge in [0.05, 0.1) is 6.61 Å². The Kier molecular flexibility index (Phi) is 4.20. The van der Waals surface area contributed by atoms with Crippen LogP contribution in [0.4, 0.5) is 8.78 Å². The van der Waals surface area contributed by atoms with E-state index < -0.39 is 13.0 Å². The van der Waals surface area contributed by atoms with E-state index in [-0.39, 0.29) is 18.9 Å². The summed E-state index contributed by atoms with van der Waals surface area (Å²) >= 11 is 0. The van der Waals surface area contributed by atoms with E-state index in [0.717, 1.165) is 0 Å². The van der Waals surface area contributed by atoms with Gasteiger partial charge in [0.1, 0.15) is 24.1 Å². The van der Waals surface area contributed by atoms with Gasteiger partial charge in [-0.2, -0.15) is 10.2 Å². The zero-order valence-electron chi connectivity index (χ0n) is 9.77. The first-order valence-electron chi connectivity index (χ1n) is 5.47. The Morgan fingerprint density at radius 3 is 3.00 bits per heavy atom. The number of H-pyrrole nitrogens is 1. The topological polar surface area (TPSA) is 87.7 Å². The molecule has 0 spiro atoms. The van der Waals surface area contributed by atoms with E-state index in [1.807, 2.05) is 6.07 Å². The second-order valence-corrected chi connectivity index (χ2v) is 3.63. The largest absolute Gasteiger partial charge is 0.375 e. The van der Waals surface area contributed by atoms with Gasteiger partial charge in [-0.3, -0.25) is 0 Å². The Labute approximate surface area is 107 Å². The van der Waals surface area contributed by atoms with Crippen LogP contribution >= 0.6 is 0 Å². The van der Waals surface area contributed by atoms with Gasteiger partial charge in [0.2, 0.25) is 0 Å². The molecule has 0 amide bonds. The quantitative estimate of drug-likeness (QED) is 0.806. The van der Waals surface area contributed by atoms with Gasteiger partial charge in [0, 0.05) is 6.42 Å². The first-order chi connectivity index (χ1) is 9.19. The van der Waals surface area contributed by atoms with Crippen LogP contribution in [0.2, 0.25) is 0 Å². The number of nitrogens with zero attached hydrogens (tertiary/aromatic N) is 3. The zero-order chi connectivity index (χ0) is 13.7. The van der Waals surface area contributed by atoms with Crippen LogP contribution in [0.25, 0.3) is 11.6 Å². The summed E-state index contributed by atoms with van der Waals surface area (Å²) in [6.45, 7) is -0.510. The fourth-order valence-corrected chi connectivity index (χ4v) is 1.39. The summed E-state index contributed by atoms with van der Waals surface area (Å²) in [6, 6.07) is 5.17. The highest BCUT2D eigenvalue weighted by Crippen LogP contribution is 2.16. The fourth-order valence-electron chi connectivity index (χ4n) is 1.39. The lowest BCUT2D eigenvalue weighted by atomic mass is 10.4. The number of nitriles is 1. The highest BCUT2D eigenvalue weighted by Gasteiger charge is 2.11. The van der Waals surface area contributed by atoms with E-state index in [1.165, 1.54) is 0 Å². The number of aromatic nitrogens is 3. The molecule has 0 fully saturated rings. The molecule has 0 aromatic carbocycles. The highest BCUT2D eigenvalue weighted by atomic mass is 19.3. The van der Waals surface area contributed by atoms with Crippen LogP contribution < -0.4 is 0 Å². The van der Waals surface area contributed by atoms with Crippen LogP contribution in [0, 0.1) is 11.3 Å². The standard InChI is InChI=1S/C11H10F2N4O2/c12-9(13)6-18-4-3-10-16-11(19-17-10)8-2-1-7(5-14)15-8/h1-2,9,15H,3-4,6H2. The van der Waals surface area contributed by atoms with Crippen LogP contribution in [0.1, 0.15) is 11.5 Å². The van der Waals surface area contributed by atoms with Crippen molar-refractivity contribution in [2.24, 2.45) is 0 Å². The van der Waals surface area contributed by atoms with Gasteiger partial charge in [-0.05, 0) is 12.1 Å². The Morgan fingerprint density at radius 1 is 1.47 bits per heavy atom. The van der Waals surface area contributed by atoms with Crippen LogP contribution in [0.15, 0.2) is 16.7 Å². The van der Waals surface area contributed by atoms with Gasteiger partial charge in [0.25, 0.3) is 12.3 Å². The average molecular weight is 268 g/mol. The van der Waals surface area contributed by atoms with Crippen molar-refractivity contribution in [2.75, 3.05) is 13.2 Å². The van der Waals surface area contributed by atoms with E-state index in [1.54, 1.807) is 12.1 Å². The van der Waals surface area contributed by atoms with Crippen molar-refractivity contribution in [1.29, 1.82) is 5.26 Å². The third-order valence-electron chi connectivity index (χ3n) is 2.22. The maximum Gasteiger partial charge on any atom is 0.274 e. The molecule has 2 aromatic heterocycles. The second-order valence-electron chi connectivity index (χ2n) is 3.63. The SMILES string of the molecule is N#Cc1ccc(-c2nc(CCOCC(F)F)no2)[nH]1. The summed E-state index contributed by atoms with van der Waals surface area (Å²) < 4.78 is 33.3. The number of rotatable bonds is 6. The third kappa shape index (κ3) is 3.59. The Hall–Kier alpha value is -2.27. The molecule has 0 radical (unpaired) electrons. The molecule has 0 aliphatic rings. The molecule has 6 nitrogen and oxygen atoms in total. The summed E-state index contributed by atoms with van der Waals surface area (Å²) in [6.07, 6.45) is -2.20. The van der Waals surface area contributed by atoms with Crippen LogP contribution in [0.5, 0.6) is 0 Å². The molecule has 0 saturated carbocycles. The molecule has 0 saturated heterocycles. The average Bonchev–Trinajstić information content (AvgIpc) is 3.02. The van der Waals surface area contributed by atoms with Crippen LogP contribution in [0.3, 0.4) is 0 Å². The van der Waals surface area contributed by atoms with E-state index in [0.29, 0.717) is 17.2 Å². The number of nitrogens with one attached hydrogen (secondary N) is 1. The monoisotopic (exact) mass is 268 g/mol. The summed E-state index contributed by atoms with van der Waals surface area (Å²) in [7, 11) is 0. The van der Waals surface area contributed by atoms with Gasteiger partial charge < -0.3 is 14.2 Å². The molecule has 0 bridgehead atoms. The van der Waals surface area contributed by atoms with E-state index in [4.69, 9.17) is 14.5 Å². The minimum absolute atomic E-state index is 0.0947. The fraction of sp³-hybridized carbons (Fsp3) is 0.364. The molecule has 2 heterocycles. The Morgan fingerprint density at radius 2 is 2.32 bits per heavy atom. The van der Waals surface area contributed by atoms with Gasteiger partial charge in [-0.1, -0.05) is 5.16 Å². The molecule has 2 aromatic rings. The van der Waals surface area contributed by atoms with Crippen molar-refractivity contribution < 1.29 is 18.0 Å². The van der Waals surface area contributed by atoms with Gasteiger partial charge in [-0.25, -0.2) is 8.78 Å². The molecule has 0 aliphatic carbocycles. The van der Waals surface area contributed by atoms with E-state index in [9.17, 15) is 8.78 Å². The van der Waals surface area contributed by atoms with Crippen LogP contribution in [-0.2, 0) is 11.2 Å². The molecular weight excluding hydrogens is 258 g/mol. The summed E-state index contributed by atoms with van der Waals surface area (Å²) in [5, 5.41) is 12.4. The zero-order valence-corrected chi connectivity index (χ0v) is 9.77. The first-order valence-corrected chi connectivity index (χ1v) is 5.47. The van der Waals surface area contributed by atoms with Crippen molar-refractivity contribution in [3.8, 4) is 17.7 Å². The number of aromatic amines is 1. The van der Waals surface area contributed by atoms with Gasteiger partial charge >= 0.3 is 0 Å². The molecule has 1 N–H and O–H groups in total. The third-order valence-corrected chi connectivity index (χ3v) is 2.22. The molecule has 0 atom stereocenters. The summed E-state index contributed by atoms with van der Waals surface area (Å²) in [5.41, 5.74) is 0.916. The first kappa shape index (κ1) is 13.2. The van der Waals surface area contributed by atoms with Crippen molar-refractivity contribution in [1.82, 2.24) is 15.1 Å². The smallest absolute Gasteiger partial charge is 0.274 e. The lowest BCUT2D eigenvalue weighted by Crippen LogP contribution is -2.07. The van der Waals surface area contributed by atoms with Crippen molar-refractivity contribution >= 4 is 0 Å². The summed E-state index contributed by atoms with van der Waals surface area (Å²) in [5.74, 6) is 0.600. The Bertz CT molecular complexity index is 573. The van der Waals surface area contributed by atoms with Gasteiger partial charge in [-0.15, -0.1) is 0 Å². The number of alkyl halides is 2. The van der Waals surface area contributed by atoms with Crippen molar-refractivity contribution in [3.63, 3.8) is 0 Å². The minimum Gasteiger partial charge on any atom is -0.375 e. The second kappa shape index (κ2) is 6.06.